The predicted molar refractivity (Wildman–Crippen MR) is 116 cm³/mol. The maximum atomic E-state index is 12.6. The number of nitrogens with zero attached hydrogens (tertiary/aromatic N) is 3. The smallest absolute Gasteiger partial charge is 0.326 e. The third kappa shape index (κ3) is 6.94. The van der Waals surface area contributed by atoms with Gasteiger partial charge in [0.15, 0.2) is 0 Å². The lowest BCUT2D eigenvalue weighted by Crippen LogP contribution is -2.54. The van der Waals surface area contributed by atoms with Crippen LogP contribution in [0.5, 0.6) is 0 Å². The zero-order valence-electron chi connectivity index (χ0n) is 16.5. The monoisotopic (exact) mass is 433 g/mol. The Bertz CT molecular complexity index is 789. The highest BCUT2D eigenvalue weighted by Gasteiger charge is 2.15. The highest BCUT2D eigenvalue weighted by molar-refractivity contribution is 7.99. The first-order valence-corrected chi connectivity index (χ1v) is 11.9. The number of aromatic nitrogens is 3. The molecule has 1 aromatic heterocycles. The molecule has 0 aliphatic carbocycles. The van der Waals surface area contributed by atoms with E-state index in [-0.39, 0.29) is 31.7 Å². The maximum absolute atomic E-state index is 12.6. The first-order chi connectivity index (χ1) is 13.4. The van der Waals surface area contributed by atoms with E-state index in [0.29, 0.717) is 30.6 Å². The van der Waals surface area contributed by atoms with Gasteiger partial charge in [-0.05, 0) is 24.9 Å². The van der Waals surface area contributed by atoms with Crippen molar-refractivity contribution in [1.82, 2.24) is 13.7 Å². The number of hydrogen-bond acceptors (Lipinski definition) is 8. The van der Waals surface area contributed by atoms with Gasteiger partial charge in [-0.3, -0.25) is 0 Å². The topological polar surface area (TPSA) is 135 Å². The molecule has 0 bridgehead atoms. The van der Waals surface area contributed by atoms with Crippen LogP contribution in [-0.4, -0.2) is 55.6 Å². The Morgan fingerprint density at radius 1 is 0.929 bits per heavy atom. The molecule has 1 heterocycles. The van der Waals surface area contributed by atoms with Gasteiger partial charge in [0.05, 0.1) is 6.54 Å². The second-order valence-corrected chi connectivity index (χ2v) is 8.55. The molecular formula is C17H31N5O4S2. The Kier molecular flexibility index (Phi) is 11.5. The first-order valence-electron chi connectivity index (χ1n) is 9.34. The fourth-order valence-corrected chi connectivity index (χ4v) is 4.25. The molecule has 9 nitrogen and oxygen atoms in total. The Morgan fingerprint density at radius 3 is 2.00 bits per heavy atom. The summed E-state index contributed by atoms with van der Waals surface area (Å²) in [5, 5.41) is 0. The van der Waals surface area contributed by atoms with Gasteiger partial charge in [-0.25, -0.2) is 28.1 Å². The van der Waals surface area contributed by atoms with Gasteiger partial charge in [-0.15, -0.1) is 0 Å². The summed E-state index contributed by atoms with van der Waals surface area (Å²) in [5.41, 5.74) is 9.94. The molecule has 1 rings (SSSR count). The van der Waals surface area contributed by atoms with Crippen molar-refractivity contribution >= 4 is 29.8 Å². The summed E-state index contributed by atoms with van der Waals surface area (Å²) in [6, 6.07) is -0.177. The molecule has 0 saturated heterocycles. The number of unbranched alkanes of at least 4 members (excludes halogenated alkanes) is 1. The quantitative estimate of drug-likeness (QED) is 0.291. The molecule has 2 unspecified atom stereocenters. The minimum absolute atomic E-state index is 0.0669. The van der Waals surface area contributed by atoms with Crippen LogP contribution >= 0.6 is 23.5 Å². The average Bonchev–Trinajstić information content (AvgIpc) is 2.67. The number of carbonyl (C=O) groups excluding carboxylic acids is 1. The largest absolute Gasteiger partial charge is 0.336 e. The lowest BCUT2D eigenvalue weighted by atomic mass is 10.2. The molecule has 1 aromatic rings. The van der Waals surface area contributed by atoms with E-state index in [0.717, 1.165) is 25.9 Å². The zero-order valence-corrected chi connectivity index (χ0v) is 18.2. The van der Waals surface area contributed by atoms with Crippen LogP contribution in [0.3, 0.4) is 0 Å². The number of nitrogens with two attached hydrogens (primary N) is 2. The standard InChI is InChI=1S/C17H31N5O4S2/c1-3-4-6-20-15(24)21(17(26)22(8-9-23)16(20)25)7-5-10-28-12-14(19)13(18)11-27-2/h9,13-14H,3-8,10-12,18-19H2,1-2H3. The molecule has 0 aliphatic rings. The maximum Gasteiger partial charge on any atom is 0.336 e. The third-order valence-electron chi connectivity index (χ3n) is 4.27. The molecule has 28 heavy (non-hydrogen) atoms. The number of rotatable bonds is 14. The van der Waals surface area contributed by atoms with E-state index in [9.17, 15) is 19.2 Å². The molecule has 4 N–H and O–H groups in total. The van der Waals surface area contributed by atoms with Crippen LogP contribution in [0.25, 0.3) is 0 Å². The van der Waals surface area contributed by atoms with E-state index in [1.165, 1.54) is 0 Å². The number of thioether (sulfide) groups is 2. The van der Waals surface area contributed by atoms with Gasteiger partial charge in [0.1, 0.15) is 6.29 Å². The van der Waals surface area contributed by atoms with Crippen LogP contribution in [0.15, 0.2) is 14.4 Å². The van der Waals surface area contributed by atoms with Crippen molar-refractivity contribution < 1.29 is 4.79 Å². The minimum Gasteiger partial charge on any atom is -0.326 e. The van der Waals surface area contributed by atoms with Crippen molar-refractivity contribution in [3.05, 3.63) is 31.5 Å². The summed E-state index contributed by atoms with van der Waals surface area (Å²) in [6.45, 7) is 1.99. The van der Waals surface area contributed by atoms with Crippen LogP contribution in [0.4, 0.5) is 0 Å². The van der Waals surface area contributed by atoms with Crippen LogP contribution < -0.4 is 28.5 Å². The van der Waals surface area contributed by atoms with E-state index in [4.69, 9.17) is 11.5 Å². The van der Waals surface area contributed by atoms with E-state index in [1.54, 1.807) is 23.5 Å². The van der Waals surface area contributed by atoms with Crippen molar-refractivity contribution in [2.75, 3.05) is 23.5 Å². The Labute approximate surface area is 172 Å². The fourth-order valence-electron chi connectivity index (χ4n) is 2.60. The van der Waals surface area contributed by atoms with Crippen molar-refractivity contribution in [2.45, 2.75) is 57.9 Å². The Morgan fingerprint density at radius 2 is 1.46 bits per heavy atom. The molecule has 0 aromatic carbocycles. The second-order valence-electron chi connectivity index (χ2n) is 6.49. The lowest BCUT2D eigenvalue weighted by molar-refractivity contribution is -0.108. The van der Waals surface area contributed by atoms with Gasteiger partial charge in [-0.2, -0.15) is 23.5 Å². The van der Waals surface area contributed by atoms with Gasteiger partial charge in [-0.1, -0.05) is 13.3 Å². The summed E-state index contributed by atoms with van der Waals surface area (Å²) >= 11 is 3.27. The van der Waals surface area contributed by atoms with Gasteiger partial charge >= 0.3 is 17.1 Å². The predicted octanol–water partition coefficient (Wildman–Crippen LogP) is -0.688. The summed E-state index contributed by atoms with van der Waals surface area (Å²) in [4.78, 5) is 48.2. The van der Waals surface area contributed by atoms with Crippen molar-refractivity contribution in [2.24, 2.45) is 11.5 Å². The first kappa shape index (κ1) is 24.7. The van der Waals surface area contributed by atoms with Crippen molar-refractivity contribution in [1.29, 1.82) is 0 Å². The molecule has 0 amide bonds. The summed E-state index contributed by atoms with van der Waals surface area (Å²) in [6.07, 6.45) is 4.47. The van der Waals surface area contributed by atoms with E-state index >= 15 is 0 Å². The summed E-state index contributed by atoms with van der Waals surface area (Å²) < 4.78 is 2.90. The normalized spacial score (nSPS) is 13.4. The van der Waals surface area contributed by atoms with Gasteiger partial charge in [0.2, 0.25) is 0 Å². The SMILES string of the molecule is CCCCn1c(=O)n(CC=O)c(=O)n(CCCSCC(N)C(N)CSC)c1=O. The Balaban J connectivity index is 2.83. The van der Waals surface area contributed by atoms with Crippen LogP contribution in [0.2, 0.25) is 0 Å². The number of carbonyl (C=O) groups is 1. The fraction of sp³-hybridized carbons (Fsp3) is 0.765. The van der Waals surface area contributed by atoms with Crippen molar-refractivity contribution in [3.8, 4) is 0 Å². The van der Waals surface area contributed by atoms with Crippen molar-refractivity contribution in [3.63, 3.8) is 0 Å². The van der Waals surface area contributed by atoms with Crippen LogP contribution in [0, 0.1) is 0 Å². The average molecular weight is 434 g/mol. The molecule has 0 fully saturated rings. The molecule has 160 valence electrons. The molecule has 0 radical (unpaired) electrons. The number of aldehydes is 1. The van der Waals surface area contributed by atoms with E-state index < -0.39 is 17.1 Å². The molecule has 0 saturated carbocycles. The summed E-state index contributed by atoms with van der Waals surface area (Å²) in [5.74, 6) is 2.20. The number of hydrogen-bond donors (Lipinski definition) is 2. The van der Waals surface area contributed by atoms with Gasteiger partial charge < -0.3 is 16.3 Å². The summed E-state index contributed by atoms with van der Waals surface area (Å²) in [7, 11) is 0. The third-order valence-corrected chi connectivity index (χ3v) is 6.18. The van der Waals surface area contributed by atoms with Crippen LogP contribution in [-0.2, 0) is 24.4 Å². The van der Waals surface area contributed by atoms with Gasteiger partial charge in [0.25, 0.3) is 0 Å². The molecule has 0 spiro atoms. The lowest BCUT2D eigenvalue weighted by Gasteiger charge is -2.18. The van der Waals surface area contributed by atoms with Crippen LogP contribution in [0.1, 0.15) is 26.2 Å². The van der Waals surface area contributed by atoms with Gasteiger partial charge in [0, 0.05) is 36.7 Å². The Hall–Kier alpha value is -1.30. The molecule has 11 heteroatoms. The zero-order chi connectivity index (χ0) is 21.1. The minimum atomic E-state index is -0.737. The molecule has 2 atom stereocenters. The highest BCUT2D eigenvalue weighted by atomic mass is 32.2. The second kappa shape index (κ2) is 13.0. The highest BCUT2D eigenvalue weighted by Crippen LogP contribution is 2.08. The molecular weight excluding hydrogens is 402 g/mol. The van der Waals surface area contributed by atoms with E-state index in [1.807, 2.05) is 13.2 Å². The van der Waals surface area contributed by atoms with E-state index in [2.05, 4.69) is 0 Å². The molecule has 0 aliphatic heterocycles.